The maximum atomic E-state index is 12.4. The molecule has 0 radical (unpaired) electrons. The number of esters is 1. The van der Waals surface area contributed by atoms with Crippen molar-refractivity contribution in [2.45, 2.75) is 20.3 Å². The Hall–Kier alpha value is -3.12. The molecule has 6 heteroatoms. The van der Waals surface area contributed by atoms with Gasteiger partial charge in [0, 0.05) is 10.9 Å². The molecule has 1 amide bonds. The lowest BCUT2D eigenvalue weighted by atomic mass is 10.0. The average molecular weight is 410 g/mol. The summed E-state index contributed by atoms with van der Waals surface area (Å²) in [5.74, 6) is -0.220. The van der Waals surface area contributed by atoms with Crippen molar-refractivity contribution in [3.05, 3.63) is 70.6 Å². The van der Waals surface area contributed by atoms with E-state index >= 15 is 0 Å². The Bertz CT molecular complexity index is 991. The molecule has 5 nitrogen and oxygen atoms in total. The molecule has 0 aliphatic heterocycles. The van der Waals surface area contributed by atoms with Gasteiger partial charge in [-0.25, -0.2) is 4.79 Å². The van der Waals surface area contributed by atoms with Gasteiger partial charge in [0.15, 0.2) is 6.61 Å². The number of hydrogen-bond acceptors (Lipinski definition) is 5. The van der Waals surface area contributed by atoms with Crippen LogP contribution < -0.4 is 10.1 Å². The Balaban J connectivity index is 1.77. The topological polar surface area (TPSA) is 64.6 Å². The summed E-state index contributed by atoms with van der Waals surface area (Å²) >= 11 is 1.29. The van der Waals surface area contributed by atoms with Gasteiger partial charge in [-0.2, -0.15) is 0 Å². The number of methoxy groups -OCH3 is 1. The first kappa shape index (κ1) is 20.6. The van der Waals surface area contributed by atoms with Crippen molar-refractivity contribution >= 4 is 28.2 Å². The lowest BCUT2D eigenvalue weighted by Gasteiger charge is -2.09. The van der Waals surface area contributed by atoms with Crippen LogP contribution in [0.25, 0.3) is 11.1 Å². The van der Waals surface area contributed by atoms with Crippen LogP contribution in [-0.4, -0.2) is 25.6 Å². The van der Waals surface area contributed by atoms with Gasteiger partial charge in [0.25, 0.3) is 5.91 Å². The lowest BCUT2D eigenvalue weighted by Crippen LogP contribution is -2.21. The molecule has 0 saturated heterocycles. The van der Waals surface area contributed by atoms with Crippen molar-refractivity contribution in [3.63, 3.8) is 0 Å². The van der Waals surface area contributed by atoms with E-state index in [-0.39, 0.29) is 12.5 Å². The molecule has 0 fully saturated rings. The second kappa shape index (κ2) is 9.39. The van der Waals surface area contributed by atoms with Crippen LogP contribution in [0.1, 0.15) is 28.4 Å². The fraction of sp³-hybridized carbons (Fsp3) is 0.217. The molecule has 29 heavy (non-hydrogen) atoms. The van der Waals surface area contributed by atoms with E-state index in [1.54, 1.807) is 0 Å². The summed E-state index contributed by atoms with van der Waals surface area (Å²) in [5.41, 5.74) is 4.31. The monoisotopic (exact) mass is 409 g/mol. The normalized spacial score (nSPS) is 10.4. The first-order chi connectivity index (χ1) is 14.0. The Morgan fingerprint density at radius 2 is 1.72 bits per heavy atom. The van der Waals surface area contributed by atoms with Gasteiger partial charge in [0.05, 0.1) is 7.11 Å². The predicted molar refractivity (Wildman–Crippen MR) is 116 cm³/mol. The summed E-state index contributed by atoms with van der Waals surface area (Å²) in [6.45, 7) is 3.92. The SMILES string of the molecule is CCc1ccc(-c2csc(NC(=O)COc3ccc(C)cc3)c2C(=O)OC)cc1. The summed E-state index contributed by atoms with van der Waals surface area (Å²) < 4.78 is 10.5. The number of anilines is 1. The molecular formula is C23H23NO4S. The van der Waals surface area contributed by atoms with Gasteiger partial charge in [0.2, 0.25) is 0 Å². The summed E-state index contributed by atoms with van der Waals surface area (Å²) in [7, 11) is 1.33. The van der Waals surface area contributed by atoms with Crippen LogP contribution >= 0.6 is 11.3 Å². The number of rotatable bonds is 7. The van der Waals surface area contributed by atoms with Crippen LogP contribution in [0.4, 0.5) is 5.00 Å². The predicted octanol–water partition coefficient (Wildman–Crippen LogP) is 5.09. The Morgan fingerprint density at radius 1 is 1.03 bits per heavy atom. The molecule has 1 aromatic heterocycles. The summed E-state index contributed by atoms with van der Waals surface area (Å²) in [6, 6.07) is 15.5. The number of carbonyl (C=O) groups excluding carboxylic acids is 2. The first-order valence-electron chi connectivity index (χ1n) is 9.30. The Labute approximate surface area is 174 Å². The zero-order valence-corrected chi connectivity index (χ0v) is 17.5. The van der Waals surface area contributed by atoms with Crippen molar-refractivity contribution in [2.75, 3.05) is 19.0 Å². The highest BCUT2D eigenvalue weighted by Crippen LogP contribution is 2.36. The number of benzene rings is 2. The number of aryl methyl sites for hydroxylation is 2. The van der Waals surface area contributed by atoms with Crippen LogP contribution in [0.3, 0.4) is 0 Å². The molecule has 0 spiro atoms. The minimum atomic E-state index is -0.490. The third-order valence-electron chi connectivity index (χ3n) is 4.50. The molecule has 0 unspecified atom stereocenters. The molecule has 0 aliphatic carbocycles. The van der Waals surface area contributed by atoms with Gasteiger partial charge in [-0.1, -0.05) is 48.9 Å². The highest BCUT2D eigenvalue weighted by Gasteiger charge is 2.22. The zero-order valence-electron chi connectivity index (χ0n) is 16.7. The van der Waals surface area contributed by atoms with Crippen molar-refractivity contribution in [2.24, 2.45) is 0 Å². The van der Waals surface area contributed by atoms with E-state index in [0.29, 0.717) is 16.3 Å². The van der Waals surface area contributed by atoms with E-state index in [2.05, 4.69) is 12.2 Å². The van der Waals surface area contributed by atoms with E-state index in [1.807, 2.05) is 60.8 Å². The van der Waals surface area contributed by atoms with Gasteiger partial charge >= 0.3 is 5.97 Å². The van der Waals surface area contributed by atoms with Crippen LogP contribution in [0.5, 0.6) is 5.75 Å². The Morgan fingerprint density at radius 3 is 2.34 bits per heavy atom. The number of ether oxygens (including phenoxy) is 2. The lowest BCUT2D eigenvalue weighted by molar-refractivity contribution is -0.118. The fourth-order valence-electron chi connectivity index (χ4n) is 2.83. The summed E-state index contributed by atoms with van der Waals surface area (Å²) in [6.07, 6.45) is 0.941. The van der Waals surface area contributed by atoms with E-state index < -0.39 is 5.97 Å². The van der Waals surface area contributed by atoms with Crippen molar-refractivity contribution in [1.29, 1.82) is 0 Å². The van der Waals surface area contributed by atoms with E-state index in [0.717, 1.165) is 23.1 Å². The Kier molecular flexibility index (Phi) is 6.67. The van der Waals surface area contributed by atoms with Crippen molar-refractivity contribution in [3.8, 4) is 16.9 Å². The minimum Gasteiger partial charge on any atom is -0.484 e. The smallest absolute Gasteiger partial charge is 0.341 e. The average Bonchev–Trinajstić information content (AvgIpc) is 3.16. The highest BCUT2D eigenvalue weighted by molar-refractivity contribution is 7.15. The largest absolute Gasteiger partial charge is 0.484 e. The maximum absolute atomic E-state index is 12.4. The van der Waals surface area contributed by atoms with Crippen LogP contribution in [0, 0.1) is 6.92 Å². The molecule has 3 rings (SSSR count). The van der Waals surface area contributed by atoms with E-state index in [1.165, 1.54) is 24.0 Å². The van der Waals surface area contributed by atoms with E-state index in [4.69, 9.17) is 9.47 Å². The van der Waals surface area contributed by atoms with Crippen molar-refractivity contribution < 1.29 is 19.1 Å². The first-order valence-corrected chi connectivity index (χ1v) is 10.2. The summed E-state index contributed by atoms with van der Waals surface area (Å²) in [4.78, 5) is 24.8. The zero-order chi connectivity index (χ0) is 20.8. The third-order valence-corrected chi connectivity index (χ3v) is 5.39. The van der Waals surface area contributed by atoms with Crippen LogP contribution in [-0.2, 0) is 16.0 Å². The minimum absolute atomic E-state index is 0.151. The molecule has 1 N–H and O–H groups in total. The number of nitrogens with one attached hydrogen (secondary N) is 1. The van der Waals surface area contributed by atoms with E-state index in [9.17, 15) is 9.59 Å². The molecule has 0 atom stereocenters. The third kappa shape index (κ3) is 5.03. The number of amides is 1. The fourth-order valence-corrected chi connectivity index (χ4v) is 3.81. The van der Waals surface area contributed by atoms with Gasteiger partial charge < -0.3 is 14.8 Å². The quantitative estimate of drug-likeness (QED) is 0.552. The van der Waals surface area contributed by atoms with Gasteiger partial charge in [-0.15, -0.1) is 11.3 Å². The highest BCUT2D eigenvalue weighted by atomic mass is 32.1. The van der Waals surface area contributed by atoms with Gasteiger partial charge in [-0.05, 0) is 36.6 Å². The van der Waals surface area contributed by atoms with Gasteiger partial charge in [-0.3, -0.25) is 4.79 Å². The molecule has 3 aromatic rings. The number of thiophene rings is 1. The molecular weight excluding hydrogens is 386 g/mol. The van der Waals surface area contributed by atoms with Gasteiger partial charge in [0.1, 0.15) is 16.3 Å². The second-order valence-electron chi connectivity index (χ2n) is 6.55. The number of carbonyl (C=O) groups is 2. The molecule has 2 aromatic carbocycles. The standard InChI is InChI=1S/C23H23NO4S/c1-4-16-7-9-17(10-8-16)19-14-29-22(21(19)23(26)27-3)24-20(25)13-28-18-11-5-15(2)6-12-18/h5-12,14H,4,13H2,1-3H3,(H,24,25). The molecule has 0 saturated carbocycles. The molecule has 150 valence electrons. The molecule has 0 aliphatic rings. The van der Waals surface area contributed by atoms with Crippen molar-refractivity contribution in [1.82, 2.24) is 0 Å². The molecule has 0 bridgehead atoms. The maximum Gasteiger partial charge on any atom is 0.341 e. The second-order valence-corrected chi connectivity index (χ2v) is 7.43. The summed E-state index contributed by atoms with van der Waals surface area (Å²) in [5, 5.41) is 5.07. The van der Waals surface area contributed by atoms with Crippen LogP contribution in [0.2, 0.25) is 0 Å². The number of hydrogen-bond donors (Lipinski definition) is 1. The molecule has 1 heterocycles. The van der Waals surface area contributed by atoms with Crippen LogP contribution in [0.15, 0.2) is 53.9 Å².